The van der Waals surface area contributed by atoms with Gasteiger partial charge in [-0.2, -0.15) is 0 Å². The van der Waals surface area contributed by atoms with Crippen LogP contribution in [0.1, 0.15) is 24.6 Å². The third kappa shape index (κ3) is 4.20. The van der Waals surface area contributed by atoms with Crippen LogP contribution in [-0.4, -0.2) is 18.6 Å². The van der Waals surface area contributed by atoms with Crippen LogP contribution in [0, 0.1) is 6.92 Å². The van der Waals surface area contributed by atoms with Crippen LogP contribution in [0.2, 0.25) is 0 Å². The van der Waals surface area contributed by atoms with Crippen molar-refractivity contribution >= 4 is 0 Å². The maximum Gasteiger partial charge on any atom is 0.169 e. The Morgan fingerprint density at radius 2 is 1.90 bits per heavy atom. The highest BCUT2D eigenvalue weighted by molar-refractivity contribution is 5.44. The van der Waals surface area contributed by atoms with Crippen molar-refractivity contribution < 1.29 is 9.47 Å². The molecule has 0 unspecified atom stereocenters. The molecule has 2 aromatic rings. The van der Waals surface area contributed by atoms with E-state index in [9.17, 15) is 0 Å². The standard InChI is InChI=1S/C17H22N2O2/c1-4-9-18-11-14-12-19-13(2)10-17(14)21-16-8-6-5-7-15(16)20-3/h5-8,10,12,18H,4,9,11H2,1-3H3. The summed E-state index contributed by atoms with van der Waals surface area (Å²) in [6, 6.07) is 9.60. The van der Waals surface area contributed by atoms with Crippen molar-refractivity contribution in [2.45, 2.75) is 26.8 Å². The molecule has 1 aromatic carbocycles. The Hall–Kier alpha value is -2.07. The van der Waals surface area contributed by atoms with E-state index < -0.39 is 0 Å². The average molecular weight is 286 g/mol. The summed E-state index contributed by atoms with van der Waals surface area (Å²) < 4.78 is 11.4. The van der Waals surface area contributed by atoms with Crippen LogP contribution in [0.25, 0.3) is 0 Å². The normalized spacial score (nSPS) is 10.4. The van der Waals surface area contributed by atoms with Crippen molar-refractivity contribution in [3.63, 3.8) is 0 Å². The first kappa shape index (κ1) is 15.3. The van der Waals surface area contributed by atoms with E-state index in [0.717, 1.165) is 42.3 Å². The van der Waals surface area contributed by atoms with E-state index in [-0.39, 0.29) is 0 Å². The van der Waals surface area contributed by atoms with E-state index in [1.807, 2.05) is 43.5 Å². The number of ether oxygens (including phenoxy) is 2. The summed E-state index contributed by atoms with van der Waals surface area (Å²) in [6.07, 6.45) is 2.96. The number of hydrogen-bond donors (Lipinski definition) is 1. The van der Waals surface area contributed by atoms with Gasteiger partial charge in [-0.3, -0.25) is 4.98 Å². The van der Waals surface area contributed by atoms with Gasteiger partial charge in [0.1, 0.15) is 5.75 Å². The monoisotopic (exact) mass is 286 g/mol. The number of aryl methyl sites for hydroxylation is 1. The lowest BCUT2D eigenvalue weighted by Gasteiger charge is -2.14. The largest absolute Gasteiger partial charge is 0.493 e. The summed E-state index contributed by atoms with van der Waals surface area (Å²) >= 11 is 0. The number of pyridine rings is 1. The third-order valence-electron chi connectivity index (χ3n) is 3.11. The molecule has 0 aliphatic rings. The summed E-state index contributed by atoms with van der Waals surface area (Å²) in [7, 11) is 1.64. The van der Waals surface area contributed by atoms with E-state index in [1.54, 1.807) is 7.11 Å². The summed E-state index contributed by atoms with van der Waals surface area (Å²) in [5.41, 5.74) is 1.97. The van der Waals surface area contributed by atoms with E-state index in [1.165, 1.54) is 0 Å². The predicted molar refractivity (Wildman–Crippen MR) is 84.0 cm³/mol. The molecule has 0 aliphatic carbocycles. The number of aromatic nitrogens is 1. The van der Waals surface area contributed by atoms with Crippen LogP contribution in [-0.2, 0) is 6.54 Å². The van der Waals surface area contributed by atoms with E-state index in [0.29, 0.717) is 5.75 Å². The fourth-order valence-electron chi connectivity index (χ4n) is 2.01. The molecule has 4 nitrogen and oxygen atoms in total. The maximum absolute atomic E-state index is 6.04. The SMILES string of the molecule is CCCNCc1cnc(C)cc1Oc1ccccc1OC. The van der Waals surface area contributed by atoms with Crippen LogP contribution in [0.5, 0.6) is 17.2 Å². The van der Waals surface area contributed by atoms with Crippen molar-refractivity contribution in [1.29, 1.82) is 0 Å². The van der Waals surface area contributed by atoms with Crippen molar-refractivity contribution in [2.75, 3.05) is 13.7 Å². The number of nitrogens with one attached hydrogen (secondary N) is 1. The Labute approximate surface area is 126 Å². The predicted octanol–water partition coefficient (Wildman–Crippen LogP) is 3.69. The highest BCUT2D eigenvalue weighted by Gasteiger charge is 2.09. The van der Waals surface area contributed by atoms with Crippen LogP contribution >= 0.6 is 0 Å². The second-order valence-corrected chi connectivity index (χ2v) is 4.86. The van der Waals surface area contributed by atoms with E-state index >= 15 is 0 Å². The molecule has 0 saturated carbocycles. The van der Waals surface area contributed by atoms with Gasteiger partial charge < -0.3 is 14.8 Å². The zero-order valence-corrected chi connectivity index (χ0v) is 12.8. The molecule has 1 heterocycles. The molecular weight excluding hydrogens is 264 g/mol. The fraction of sp³-hybridized carbons (Fsp3) is 0.353. The molecule has 0 spiro atoms. The minimum Gasteiger partial charge on any atom is -0.493 e. The highest BCUT2D eigenvalue weighted by Crippen LogP contribution is 2.32. The van der Waals surface area contributed by atoms with Crippen LogP contribution in [0.15, 0.2) is 36.5 Å². The molecular formula is C17H22N2O2. The zero-order chi connectivity index (χ0) is 15.1. The Morgan fingerprint density at radius 3 is 2.62 bits per heavy atom. The zero-order valence-electron chi connectivity index (χ0n) is 12.8. The molecule has 0 amide bonds. The molecule has 0 bridgehead atoms. The van der Waals surface area contributed by atoms with Crippen molar-refractivity contribution in [3.8, 4) is 17.2 Å². The Balaban J connectivity index is 2.23. The number of methoxy groups -OCH3 is 1. The van der Waals surface area contributed by atoms with Crippen molar-refractivity contribution in [3.05, 3.63) is 47.8 Å². The lowest BCUT2D eigenvalue weighted by molar-refractivity contribution is 0.377. The minimum atomic E-state index is 0.711. The highest BCUT2D eigenvalue weighted by atomic mass is 16.5. The summed E-state index contributed by atoms with van der Waals surface area (Å²) in [5.74, 6) is 2.25. The van der Waals surface area contributed by atoms with Gasteiger partial charge in [-0.05, 0) is 32.0 Å². The number of benzene rings is 1. The molecule has 1 aromatic heterocycles. The van der Waals surface area contributed by atoms with Gasteiger partial charge in [0.25, 0.3) is 0 Å². The fourth-order valence-corrected chi connectivity index (χ4v) is 2.01. The van der Waals surface area contributed by atoms with Crippen LogP contribution in [0.3, 0.4) is 0 Å². The summed E-state index contributed by atoms with van der Waals surface area (Å²) in [6.45, 7) is 5.82. The topological polar surface area (TPSA) is 43.4 Å². The minimum absolute atomic E-state index is 0.711. The number of nitrogens with zero attached hydrogens (tertiary/aromatic N) is 1. The first-order valence-electron chi connectivity index (χ1n) is 7.21. The lowest BCUT2D eigenvalue weighted by atomic mass is 10.2. The van der Waals surface area contributed by atoms with Gasteiger partial charge in [-0.25, -0.2) is 0 Å². The quantitative estimate of drug-likeness (QED) is 0.788. The molecule has 0 saturated heterocycles. The number of hydrogen-bond acceptors (Lipinski definition) is 4. The van der Waals surface area contributed by atoms with Gasteiger partial charge in [-0.1, -0.05) is 19.1 Å². The molecule has 4 heteroatoms. The van der Waals surface area contributed by atoms with Crippen molar-refractivity contribution in [2.24, 2.45) is 0 Å². The number of para-hydroxylation sites is 2. The molecule has 0 aliphatic heterocycles. The van der Waals surface area contributed by atoms with Crippen molar-refractivity contribution in [1.82, 2.24) is 10.3 Å². The van der Waals surface area contributed by atoms with Gasteiger partial charge >= 0.3 is 0 Å². The Kier molecular flexibility index (Phi) is 5.58. The van der Waals surface area contributed by atoms with E-state index in [4.69, 9.17) is 9.47 Å². The van der Waals surface area contributed by atoms with Crippen LogP contribution < -0.4 is 14.8 Å². The number of rotatable bonds is 7. The smallest absolute Gasteiger partial charge is 0.169 e. The van der Waals surface area contributed by atoms with E-state index in [2.05, 4.69) is 17.2 Å². The molecule has 0 fully saturated rings. The lowest BCUT2D eigenvalue weighted by Crippen LogP contribution is -2.14. The average Bonchev–Trinajstić information content (AvgIpc) is 2.50. The molecule has 21 heavy (non-hydrogen) atoms. The second-order valence-electron chi connectivity index (χ2n) is 4.86. The second kappa shape index (κ2) is 7.64. The molecule has 0 radical (unpaired) electrons. The van der Waals surface area contributed by atoms with Gasteiger partial charge in [0.15, 0.2) is 11.5 Å². The van der Waals surface area contributed by atoms with Gasteiger partial charge in [0.05, 0.1) is 7.11 Å². The third-order valence-corrected chi connectivity index (χ3v) is 3.11. The molecule has 2 rings (SSSR count). The molecule has 112 valence electrons. The Bertz CT molecular complexity index is 585. The van der Waals surface area contributed by atoms with Gasteiger partial charge in [-0.15, -0.1) is 0 Å². The Morgan fingerprint density at radius 1 is 1.14 bits per heavy atom. The summed E-state index contributed by atoms with van der Waals surface area (Å²) in [5, 5.41) is 3.37. The maximum atomic E-state index is 6.04. The van der Waals surface area contributed by atoms with Gasteiger partial charge in [0.2, 0.25) is 0 Å². The first-order valence-corrected chi connectivity index (χ1v) is 7.21. The summed E-state index contributed by atoms with van der Waals surface area (Å²) in [4.78, 5) is 4.35. The van der Waals surface area contributed by atoms with Crippen LogP contribution in [0.4, 0.5) is 0 Å². The molecule has 0 atom stereocenters. The van der Waals surface area contributed by atoms with Gasteiger partial charge in [0, 0.05) is 30.1 Å². The molecule has 1 N–H and O–H groups in total. The first-order chi connectivity index (χ1) is 10.2.